The predicted molar refractivity (Wildman–Crippen MR) is 281 cm³/mol. The van der Waals surface area contributed by atoms with Crippen molar-refractivity contribution in [2.24, 2.45) is 0 Å². The highest BCUT2D eigenvalue weighted by atomic mass is 15.1. The summed E-state index contributed by atoms with van der Waals surface area (Å²) in [5.41, 5.74) is 11.5. The van der Waals surface area contributed by atoms with E-state index in [0.717, 1.165) is 55.9 Å². The molecule has 0 aliphatic rings. The lowest BCUT2D eigenvalue weighted by Crippen LogP contribution is -2.09. The van der Waals surface area contributed by atoms with Crippen LogP contribution >= 0.6 is 0 Å². The van der Waals surface area contributed by atoms with Crippen LogP contribution in [0.3, 0.4) is 0 Å². The summed E-state index contributed by atoms with van der Waals surface area (Å²) in [6, 6.07) is 82.5. The molecule has 0 fully saturated rings. The fourth-order valence-electron chi connectivity index (χ4n) is 9.35. The Morgan fingerprint density at radius 1 is 0.338 bits per heavy atom. The highest BCUT2D eigenvalue weighted by molar-refractivity contribution is 6.12. The van der Waals surface area contributed by atoms with Gasteiger partial charge in [-0.15, -0.1) is 0 Å². The van der Waals surface area contributed by atoms with Crippen LogP contribution in [0.2, 0.25) is 0 Å². The van der Waals surface area contributed by atoms with Crippen molar-refractivity contribution in [1.82, 2.24) is 14.5 Å². The molecular weight excluding hydrogens is 871 g/mol. The Morgan fingerprint density at radius 3 is 1.15 bits per heavy atom. The van der Waals surface area contributed by atoms with Crippen molar-refractivity contribution < 1.29 is 0 Å². The van der Waals surface area contributed by atoms with E-state index in [0.29, 0.717) is 44.9 Å². The lowest BCUT2D eigenvalue weighted by Gasteiger charge is -2.26. The van der Waals surface area contributed by atoms with E-state index in [-0.39, 0.29) is 17.0 Å². The third-order valence-corrected chi connectivity index (χ3v) is 12.5. The number of hydrogen-bond acceptors (Lipinski definition) is 8. The van der Waals surface area contributed by atoms with Crippen molar-refractivity contribution in [2.45, 2.75) is 0 Å². The Hall–Kier alpha value is -10.6. The van der Waals surface area contributed by atoms with Gasteiger partial charge in [0, 0.05) is 61.6 Å². The van der Waals surface area contributed by atoms with Crippen LogP contribution in [0.1, 0.15) is 22.3 Å². The van der Waals surface area contributed by atoms with E-state index < -0.39 is 0 Å². The number of benzene rings is 9. The predicted octanol–water partition coefficient (Wildman–Crippen LogP) is 15.0. The number of nitrogens with zero attached hydrogens (tertiary/aromatic N) is 9. The molecule has 0 saturated heterocycles. The maximum absolute atomic E-state index is 11.2. The minimum atomic E-state index is 0.243. The van der Waals surface area contributed by atoms with Crippen molar-refractivity contribution in [3.63, 3.8) is 0 Å². The van der Waals surface area contributed by atoms with E-state index in [4.69, 9.17) is 9.97 Å². The van der Waals surface area contributed by atoms with Crippen LogP contribution in [0.25, 0.3) is 61.4 Å². The second kappa shape index (κ2) is 18.6. The molecule has 2 heterocycles. The van der Waals surface area contributed by atoms with E-state index >= 15 is 0 Å². The molecule has 11 rings (SSSR count). The number of anilines is 6. The van der Waals surface area contributed by atoms with Gasteiger partial charge in [-0.1, -0.05) is 103 Å². The summed E-state index contributed by atoms with van der Waals surface area (Å²) in [6.07, 6.45) is 0. The zero-order valence-electron chi connectivity index (χ0n) is 37.9. The molecule has 2 aromatic heterocycles. The van der Waals surface area contributed by atoms with Gasteiger partial charge in [-0.2, -0.15) is 21.0 Å². The highest BCUT2D eigenvalue weighted by Gasteiger charge is 2.24. The maximum atomic E-state index is 11.2. The zero-order valence-corrected chi connectivity index (χ0v) is 37.9. The summed E-state index contributed by atoms with van der Waals surface area (Å²) >= 11 is 0. The first-order valence-corrected chi connectivity index (χ1v) is 22.8. The van der Waals surface area contributed by atoms with Crippen LogP contribution in [-0.4, -0.2) is 14.5 Å². The van der Waals surface area contributed by atoms with Crippen molar-refractivity contribution in [2.75, 3.05) is 9.80 Å². The van der Waals surface area contributed by atoms with Gasteiger partial charge in [0.05, 0.1) is 62.5 Å². The van der Waals surface area contributed by atoms with E-state index in [9.17, 15) is 21.0 Å². The van der Waals surface area contributed by atoms with E-state index in [1.165, 1.54) is 0 Å². The summed E-state index contributed by atoms with van der Waals surface area (Å²) in [4.78, 5) is 14.3. The Bertz CT molecular complexity index is 3660. The van der Waals surface area contributed by atoms with E-state index in [1.807, 2.05) is 95.6 Å². The van der Waals surface area contributed by atoms with Crippen LogP contribution in [0.15, 0.2) is 224 Å². The van der Waals surface area contributed by atoms with Gasteiger partial charge in [0.1, 0.15) is 12.1 Å². The number of para-hydroxylation sites is 4. The normalized spacial score (nSPS) is 10.8. The van der Waals surface area contributed by atoms with Crippen LogP contribution < -0.4 is 9.80 Å². The van der Waals surface area contributed by atoms with Gasteiger partial charge in [-0.3, -0.25) is 0 Å². The molecule has 0 N–H and O–H groups in total. The number of fused-ring (bicyclic) bond motifs is 3. The van der Waals surface area contributed by atoms with Crippen molar-refractivity contribution in [3.8, 4) is 63.9 Å². The lowest BCUT2D eigenvalue weighted by atomic mass is 9.98. The lowest BCUT2D eigenvalue weighted by molar-refractivity contribution is 1.15. The second-order valence-corrected chi connectivity index (χ2v) is 16.7. The van der Waals surface area contributed by atoms with Gasteiger partial charge in [-0.25, -0.2) is 9.97 Å². The topological polar surface area (TPSA) is 132 Å². The standard InChI is InChI=1S/C62H37N9/c63-38-42-17-13-15-27-53(42)58-37-57(67-62(68-58)54-28-16-14-18-43(54)39-64)44-33-45(40-65)61(46(34-44)41-66)71-59-31-29-51(69(47-19-5-1-6-20-47)48-21-7-2-8-22-48)35-55(59)56-36-52(30-32-60(56)71)70(49-23-9-3-10-24-49)50-25-11-4-12-26-50/h1-37H. The number of rotatable bonds is 10. The SMILES string of the molecule is N#Cc1ccccc1-c1cc(-c2cc(C#N)c(-n3c4ccc(N(c5ccccc5)c5ccccc5)cc4c4cc(N(c5ccccc5)c5ccccc5)ccc43)c(C#N)c2)nc(-c2ccccc2C#N)n1. The van der Waals surface area contributed by atoms with Crippen molar-refractivity contribution in [3.05, 3.63) is 247 Å². The van der Waals surface area contributed by atoms with Gasteiger partial charge in [-0.05, 0) is 121 Å². The van der Waals surface area contributed by atoms with Crippen molar-refractivity contribution in [1.29, 1.82) is 21.0 Å². The molecule has 0 bridgehead atoms. The fraction of sp³-hybridized carbons (Fsp3) is 0. The molecule has 0 amide bonds. The third kappa shape index (κ3) is 7.91. The molecule has 9 heteroatoms. The minimum absolute atomic E-state index is 0.243. The van der Waals surface area contributed by atoms with E-state index in [2.05, 4.69) is 119 Å². The summed E-state index contributed by atoms with van der Waals surface area (Å²) in [5.74, 6) is 0.262. The quantitative estimate of drug-likeness (QED) is 0.132. The van der Waals surface area contributed by atoms with Gasteiger partial charge in [0.2, 0.25) is 0 Å². The first kappa shape index (κ1) is 43.0. The zero-order chi connectivity index (χ0) is 48.3. The summed E-state index contributed by atoms with van der Waals surface area (Å²) in [7, 11) is 0. The van der Waals surface area contributed by atoms with Crippen LogP contribution in [0, 0.1) is 45.3 Å². The van der Waals surface area contributed by atoms with Gasteiger partial charge in [0.15, 0.2) is 5.82 Å². The summed E-state index contributed by atoms with van der Waals surface area (Å²) in [6.45, 7) is 0. The Labute approximate surface area is 410 Å². The van der Waals surface area contributed by atoms with Gasteiger partial charge < -0.3 is 14.4 Å². The van der Waals surface area contributed by atoms with E-state index in [1.54, 1.807) is 48.5 Å². The Balaban J connectivity index is 1.16. The number of nitriles is 4. The molecule has 0 saturated carbocycles. The number of aromatic nitrogens is 3. The molecule has 0 radical (unpaired) electrons. The van der Waals surface area contributed by atoms with Gasteiger partial charge >= 0.3 is 0 Å². The number of hydrogen-bond donors (Lipinski definition) is 0. The molecule has 0 aliphatic heterocycles. The van der Waals surface area contributed by atoms with Crippen molar-refractivity contribution >= 4 is 55.9 Å². The Kier molecular flexibility index (Phi) is 11.3. The molecule has 9 nitrogen and oxygen atoms in total. The highest BCUT2D eigenvalue weighted by Crippen LogP contribution is 2.44. The molecule has 0 unspecified atom stereocenters. The molecular formula is C62H37N9. The molecule has 9 aromatic carbocycles. The van der Waals surface area contributed by atoms with Crippen LogP contribution in [-0.2, 0) is 0 Å². The fourth-order valence-corrected chi connectivity index (χ4v) is 9.35. The van der Waals surface area contributed by atoms with Crippen LogP contribution in [0.5, 0.6) is 0 Å². The molecule has 330 valence electrons. The molecule has 0 aliphatic carbocycles. The molecule has 0 atom stereocenters. The molecule has 11 aromatic rings. The van der Waals surface area contributed by atoms with Gasteiger partial charge in [0.25, 0.3) is 0 Å². The minimum Gasteiger partial charge on any atom is -0.310 e. The molecule has 0 spiro atoms. The monoisotopic (exact) mass is 907 g/mol. The summed E-state index contributed by atoms with van der Waals surface area (Å²) in [5, 5.41) is 44.4. The smallest absolute Gasteiger partial charge is 0.161 e. The maximum Gasteiger partial charge on any atom is 0.161 e. The average Bonchev–Trinajstić information content (AvgIpc) is 3.76. The average molecular weight is 908 g/mol. The Morgan fingerprint density at radius 2 is 0.718 bits per heavy atom. The second-order valence-electron chi connectivity index (χ2n) is 16.7. The third-order valence-electron chi connectivity index (χ3n) is 12.5. The molecule has 71 heavy (non-hydrogen) atoms. The summed E-state index contributed by atoms with van der Waals surface area (Å²) < 4.78 is 2.02. The first-order valence-electron chi connectivity index (χ1n) is 22.8. The first-order chi connectivity index (χ1) is 35.0. The largest absolute Gasteiger partial charge is 0.310 e. The van der Waals surface area contributed by atoms with Crippen LogP contribution in [0.4, 0.5) is 34.1 Å².